The van der Waals surface area contributed by atoms with Crippen LogP contribution in [0.25, 0.3) is 0 Å². The van der Waals surface area contributed by atoms with Gasteiger partial charge in [-0.25, -0.2) is 4.98 Å². The Balaban J connectivity index is 2.99. The van der Waals surface area contributed by atoms with E-state index in [2.05, 4.69) is 16.9 Å². The molecule has 3 N–H and O–H groups in total. The Morgan fingerprint density at radius 3 is 3.00 bits per heavy atom. The third kappa shape index (κ3) is 2.31. The van der Waals surface area contributed by atoms with E-state index in [1.54, 1.807) is 6.07 Å². The van der Waals surface area contributed by atoms with Gasteiger partial charge in [-0.05, 0) is 6.42 Å². The van der Waals surface area contributed by atoms with Crippen LogP contribution < -0.4 is 5.73 Å². The van der Waals surface area contributed by atoms with Crippen LogP contribution in [0, 0.1) is 4.64 Å². The third-order valence-corrected chi connectivity index (χ3v) is 1.51. The average Bonchev–Trinajstić information content (AvgIpc) is 1.85. The highest BCUT2D eigenvalue weighted by Crippen LogP contribution is 2.00. The Hall–Kier alpha value is -0.900. The lowest BCUT2D eigenvalue weighted by Crippen LogP contribution is -1.98. The fourth-order valence-electron chi connectivity index (χ4n) is 0.884. The maximum atomic E-state index is 5.53. The van der Waals surface area contributed by atoms with Crippen molar-refractivity contribution in [3.8, 4) is 0 Å². The summed E-state index contributed by atoms with van der Waals surface area (Å²) < 4.78 is 0.560. The second-order valence-corrected chi connectivity index (χ2v) is 2.79. The molecule has 1 aromatic heterocycles. The summed E-state index contributed by atoms with van der Waals surface area (Å²) in [5, 5.41) is 0. The maximum Gasteiger partial charge on any atom is 0.131 e. The molecule has 0 radical (unpaired) electrons. The molecular formula is C7H11N3S. The summed E-state index contributed by atoms with van der Waals surface area (Å²) in [6.07, 6.45) is 1.94. The lowest BCUT2D eigenvalue weighted by atomic mass is 10.3. The molecular weight excluding hydrogens is 158 g/mol. The number of H-pyrrole nitrogens is 1. The van der Waals surface area contributed by atoms with Crippen LogP contribution in [-0.4, -0.2) is 9.97 Å². The Labute approximate surface area is 70.7 Å². The van der Waals surface area contributed by atoms with Crippen LogP contribution in [0.15, 0.2) is 6.07 Å². The van der Waals surface area contributed by atoms with E-state index in [0.717, 1.165) is 18.7 Å². The van der Waals surface area contributed by atoms with Gasteiger partial charge >= 0.3 is 0 Å². The monoisotopic (exact) mass is 169 g/mol. The number of hydrogen-bond acceptors (Lipinski definition) is 3. The van der Waals surface area contributed by atoms with Crippen molar-refractivity contribution in [2.45, 2.75) is 19.8 Å². The van der Waals surface area contributed by atoms with Crippen LogP contribution >= 0.6 is 12.2 Å². The van der Waals surface area contributed by atoms with Crippen molar-refractivity contribution >= 4 is 18.0 Å². The molecule has 0 atom stereocenters. The van der Waals surface area contributed by atoms with Gasteiger partial charge in [0, 0.05) is 12.5 Å². The van der Waals surface area contributed by atoms with Gasteiger partial charge in [0.2, 0.25) is 0 Å². The Kier molecular flexibility index (Phi) is 2.59. The van der Waals surface area contributed by atoms with Crippen LogP contribution in [0.2, 0.25) is 0 Å². The predicted octanol–water partition coefficient (Wildman–Crippen LogP) is 1.67. The van der Waals surface area contributed by atoms with Crippen LogP contribution in [0.4, 0.5) is 5.82 Å². The minimum absolute atomic E-state index is 0.560. The lowest BCUT2D eigenvalue weighted by molar-refractivity contribution is 0.834. The molecule has 1 heterocycles. The molecule has 3 nitrogen and oxygen atoms in total. The number of anilines is 1. The van der Waals surface area contributed by atoms with Crippen molar-refractivity contribution in [3.63, 3.8) is 0 Å². The van der Waals surface area contributed by atoms with Crippen LogP contribution in [-0.2, 0) is 6.42 Å². The normalized spacial score (nSPS) is 9.91. The Bertz CT molecular complexity index is 292. The van der Waals surface area contributed by atoms with Gasteiger partial charge in [-0.1, -0.05) is 19.1 Å². The first kappa shape index (κ1) is 8.20. The molecule has 0 spiro atoms. The molecule has 0 aliphatic carbocycles. The second kappa shape index (κ2) is 3.48. The first-order chi connectivity index (χ1) is 5.22. The number of rotatable bonds is 2. The topological polar surface area (TPSA) is 54.7 Å². The van der Waals surface area contributed by atoms with Crippen molar-refractivity contribution in [2.24, 2.45) is 0 Å². The summed E-state index contributed by atoms with van der Waals surface area (Å²) >= 11 is 4.89. The number of nitrogens with zero attached hydrogens (tertiary/aromatic N) is 1. The number of nitrogen functional groups attached to an aromatic ring is 1. The molecule has 0 aliphatic heterocycles. The van der Waals surface area contributed by atoms with E-state index < -0.39 is 0 Å². The van der Waals surface area contributed by atoms with Gasteiger partial charge in [-0.2, -0.15) is 0 Å². The molecule has 0 saturated heterocycles. The molecule has 0 aromatic carbocycles. The predicted molar refractivity (Wildman–Crippen MR) is 47.8 cm³/mol. The summed E-state index contributed by atoms with van der Waals surface area (Å²) in [4.78, 5) is 7.05. The van der Waals surface area contributed by atoms with E-state index in [0.29, 0.717) is 10.5 Å². The number of aryl methyl sites for hydroxylation is 1. The third-order valence-electron chi connectivity index (χ3n) is 1.30. The molecule has 1 rings (SSSR count). The summed E-state index contributed by atoms with van der Waals surface area (Å²) in [6.45, 7) is 2.09. The van der Waals surface area contributed by atoms with E-state index >= 15 is 0 Å². The highest BCUT2D eigenvalue weighted by molar-refractivity contribution is 7.71. The Morgan fingerprint density at radius 2 is 2.45 bits per heavy atom. The van der Waals surface area contributed by atoms with Gasteiger partial charge in [0.05, 0.1) is 0 Å². The molecule has 0 aliphatic rings. The van der Waals surface area contributed by atoms with E-state index in [4.69, 9.17) is 18.0 Å². The first-order valence-corrected chi connectivity index (χ1v) is 3.99. The zero-order valence-corrected chi connectivity index (χ0v) is 7.24. The van der Waals surface area contributed by atoms with Crippen LogP contribution in [0.5, 0.6) is 0 Å². The highest BCUT2D eigenvalue weighted by Gasteiger charge is 1.93. The minimum atomic E-state index is 0.560. The molecule has 11 heavy (non-hydrogen) atoms. The second-order valence-electron chi connectivity index (χ2n) is 2.37. The van der Waals surface area contributed by atoms with Gasteiger partial charge in [0.25, 0.3) is 0 Å². The molecule has 1 aromatic rings. The smallest absolute Gasteiger partial charge is 0.131 e. The van der Waals surface area contributed by atoms with Crippen molar-refractivity contribution in [3.05, 3.63) is 16.5 Å². The van der Waals surface area contributed by atoms with E-state index in [1.807, 2.05) is 0 Å². The molecule has 0 unspecified atom stereocenters. The van der Waals surface area contributed by atoms with Crippen molar-refractivity contribution in [1.29, 1.82) is 0 Å². The first-order valence-electron chi connectivity index (χ1n) is 3.58. The molecule has 60 valence electrons. The fourth-order valence-corrected chi connectivity index (χ4v) is 1.12. The van der Waals surface area contributed by atoms with Gasteiger partial charge in [0.15, 0.2) is 0 Å². The van der Waals surface area contributed by atoms with Gasteiger partial charge in [-0.3, -0.25) is 0 Å². The standard InChI is InChI=1S/C7H11N3S/c1-2-3-6-9-5(8)4-7(11)10-6/h4H,2-3H2,1H3,(H3,8,9,10,11). The number of nitrogens with one attached hydrogen (secondary N) is 1. The maximum absolute atomic E-state index is 5.53. The summed E-state index contributed by atoms with van der Waals surface area (Å²) in [7, 11) is 0. The quantitative estimate of drug-likeness (QED) is 0.662. The van der Waals surface area contributed by atoms with E-state index in [-0.39, 0.29) is 0 Å². The molecule has 0 saturated carbocycles. The largest absolute Gasteiger partial charge is 0.385 e. The van der Waals surface area contributed by atoms with Crippen LogP contribution in [0.1, 0.15) is 19.2 Å². The molecule has 0 bridgehead atoms. The zero-order chi connectivity index (χ0) is 8.27. The molecule has 4 heteroatoms. The minimum Gasteiger partial charge on any atom is -0.385 e. The van der Waals surface area contributed by atoms with Crippen molar-refractivity contribution in [1.82, 2.24) is 9.97 Å². The van der Waals surface area contributed by atoms with E-state index in [1.165, 1.54) is 0 Å². The van der Waals surface area contributed by atoms with Gasteiger partial charge < -0.3 is 10.7 Å². The van der Waals surface area contributed by atoms with E-state index in [9.17, 15) is 0 Å². The summed E-state index contributed by atoms with van der Waals surface area (Å²) in [6, 6.07) is 1.65. The number of aromatic amines is 1. The average molecular weight is 169 g/mol. The van der Waals surface area contributed by atoms with Crippen LogP contribution in [0.3, 0.4) is 0 Å². The van der Waals surface area contributed by atoms with Gasteiger partial charge in [0.1, 0.15) is 16.3 Å². The van der Waals surface area contributed by atoms with Crippen molar-refractivity contribution < 1.29 is 0 Å². The fraction of sp³-hybridized carbons (Fsp3) is 0.429. The van der Waals surface area contributed by atoms with Crippen molar-refractivity contribution in [2.75, 3.05) is 5.73 Å². The SMILES string of the molecule is CCCc1nc(=S)cc(N)[nH]1. The highest BCUT2D eigenvalue weighted by atomic mass is 32.1. The summed E-state index contributed by atoms with van der Waals surface area (Å²) in [5.41, 5.74) is 5.53. The zero-order valence-electron chi connectivity index (χ0n) is 6.42. The lowest BCUT2D eigenvalue weighted by Gasteiger charge is -1.99. The number of aromatic nitrogens is 2. The number of hydrogen-bond donors (Lipinski definition) is 2. The number of nitrogens with two attached hydrogens (primary N) is 1. The summed E-state index contributed by atoms with van der Waals surface area (Å²) in [5.74, 6) is 1.46. The molecule has 0 fully saturated rings. The molecule has 0 amide bonds. The van der Waals surface area contributed by atoms with Gasteiger partial charge in [-0.15, -0.1) is 0 Å². The Morgan fingerprint density at radius 1 is 1.73 bits per heavy atom.